The average Bonchev–Trinajstić information content (AvgIpc) is 2.72. The van der Waals surface area contributed by atoms with Gasteiger partial charge in [-0.3, -0.25) is 9.98 Å². The molecule has 2 aromatic rings. The zero-order valence-corrected chi connectivity index (χ0v) is 17.5. The van der Waals surface area contributed by atoms with Crippen LogP contribution < -0.4 is 10.4 Å². The lowest BCUT2D eigenvalue weighted by Crippen LogP contribution is -2.40. The van der Waals surface area contributed by atoms with Crippen LogP contribution in [0.3, 0.4) is 0 Å². The number of rotatable bonds is 3. The topological polar surface area (TPSA) is 65.2 Å². The molecule has 4 nitrogen and oxygen atoms in total. The van der Waals surface area contributed by atoms with E-state index in [1.54, 1.807) is 0 Å². The Labute approximate surface area is 172 Å². The van der Waals surface area contributed by atoms with E-state index in [0.717, 1.165) is 39.5 Å². The molecular weight excluding hydrogens is 359 g/mol. The number of benzene rings is 2. The second-order valence-corrected chi connectivity index (χ2v) is 8.05. The fourth-order valence-corrected chi connectivity index (χ4v) is 4.63. The van der Waals surface area contributed by atoms with Crippen LogP contribution in [0.15, 0.2) is 46.4 Å². The summed E-state index contributed by atoms with van der Waals surface area (Å²) < 4.78 is 0. The maximum Gasteiger partial charge on any atom is 0.484 e. The largest absolute Gasteiger partial charge is 0.484 e. The second-order valence-electron chi connectivity index (χ2n) is 8.05. The van der Waals surface area contributed by atoms with Crippen molar-refractivity contribution < 1.29 is 10.0 Å². The predicted molar refractivity (Wildman–Crippen MR) is 122 cm³/mol. The van der Waals surface area contributed by atoms with E-state index in [0.29, 0.717) is 17.8 Å². The first-order valence-corrected chi connectivity index (χ1v) is 10.3. The lowest BCUT2D eigenvalue weighted by molar-refractivity contribution is 0.424. The smallest absolute Gasteiger partial charge is 0.423 e. The van der Waals surface area contributed by atoms with E-state index in [-0.39, 0.29) is 5.92 Å². The Hall–Kier alpha value is -2.50. The molecule has 2 N–H and O–H groups in total. The monoisotopic (exact) mass is 386 g/mol. The van der Waals surface area contributed by atoms with Gasteiger partial charge < -0.3 is 10.0 Å². The standard InChI is InChI=1S/C24H27BN2O2/c1-5-26-22-14(2)10-11-17-15(3)16(4)23(27-24(17)22)20-12-13-21(25(28)29)19-9-7-6-8-18(19)20/h5-11,15-16,28-29H,12-13H2,1-4H3/t15-,16+/m1/s1. The average molecular weight is 386 g/mol. The molecule has 2 aromatic carbocycles. The van der Waals surface area contributed by atoms with Crippen molar-refractivity contribution in [3.63, 3.8) is 0 Å². The molecule has 0 fully saturated rings. The molecule has 2 atom stereocenters. The van der Waals surface area contributed by atoms with E-state index in [2.05, 4.69) is 44.0 Å². The van der Waals surface area contributed by atoms with Crippen LogP contribution in [0.4, 0.5) is 11.4 Å². The molecule has 0 unspecified atom stereocenters. The summed E-state index contributed by atoms with van der Waals surface area (Å²) in [5, 5.41) is 21.7. The molecular formula is C24H27BN2O2. The highest BCUT2D eigenvalue weighted by atomic mass is 16.4. The number of hydrogen-bond acceptors (Lipinski definition) is 4. The third-order valence-corrected chi connectivity index (χ3v) is 6.41. The van der Waals surface area contributed by atoms with Crippen molar-refractivity contribution in [1.29, 1.82) is 0 Å². The minimum absolute atomic E-state index is 0.271. The predicted octanol–water partition coefficient (Wildman–Crippen LogP) is 3.35. The van der Waals surface area contributed by atoms with E-state index in [1.807, 2.05) is 31.3 Å². The third kappa shape index (κ3) is 3.28. The molecule has 0 aromatic heterocycles. The second kappa shape index (κ2) is 7.73. The lowest BCUT2D eigenvalue weighted by Gasteiger charge is -2.31. The molecule has 1 aliphatic heterocycles. The first-order valence-electron chi connectivity index (χ1n) is 10.3. The van der Waals surface area contributed by atoms with Crippen molar-refractivity contribution in [2.75, 3.05) is 0 Å². The van der Waals surface area contributed by atoms with Gasteiger partial charge in [0.15, 0.2) is 0 Å². The van der Waals surface area contributed by atoms with Gasteiger partial charge in [0.25, 0.3) is 0 Å². The Kier molecular flexibility index (Phi) is 5.28. The molecule has 0 saturated heterocycles. The van der Waals surface area contributed by atoms with E-state index < -0.39 is 7.12 Å². The summed E-state index contributed by atoms with van der Waals surface area (Å²) in [6, 6.07) is 12.3. The maximum absolute atomic E-state index is 9.83. The van der Waals surface area contributed by atoms with Crippen molar-refractivity contribution in [3.8, 4) is 0 Å². The summed E-state index contributed by atoms with van der Waals surface area (Å²) in [6.07, 6.45) is 3.21. The minimum atomic E-state index is -1.42. The number of nitrogens with zero attached hydrogens (tertiary/aromatic N) is 2. The van der Waals surface area contributed by atoms with Crippen molar-refractivity contribution in [1.82, 2.24) is 0 Å². The normalized spacial score (nSPS) is 21.1. The fraction of sp³-hybridized carbons (Fsp3) is 0.333. The number of aryl methyl sites for hydroxylation is 1. The highest BCUT2D eigenvalue weighted by Gasteiger charge is 2.32. The van der Waals surface area contributed by atoms with E-state index >= 15 is 0 Å². The maximum atomic E-state index is 9.83. The molecule has 0 saturated carbocycles. The van der Waals surface area contributed by atoms with Crippen molar-refractivity contribution >= 4 is 41.5 Å². The molecule has 1 heterocycles. The Morgan fingerprint density at radius 2 is 1.76 bits per heavy atom. The van der Waals surface area contributed by atoms with Gasteiger partial charge in [-0.1, -0.05) is 50.2 Å². The van der Waals surface area contributed by atoms with E-state index in [4.69, 9.17) is 4.99 Å². The highest BCUT2D eigenvalue weighted by Crippen LogP contribution is 2.46. The molecule has 5 heteroatoms. The van der Waals surface area contributed by atoms with Gasteiger partial charge in [0.05, 0.1) is 11.4 Å². The molecule has 0 bridgehead atoms. The summed E-state index contributed by atoms with van der Waals surface area (Å²) in [5.41, 5.74) is 7.29. The van der Waals surface area contributed by atoms with Gasteiger partial charge >= 0.3 is 7.12 Å². The molecule has 0 radical (unpaired) electrons. The molecule has 2 aliphatic rings. The van der Waals surface area contributed by atoms with Crippen LogP contribution in [0.25, 0.3) is 11.0 Å². The van der Waals surface area contributed by atoms with E-state index in [9.17, 15) is 10.0 Å². The lowest BCUT2D eigenvalue weighted by atomic mass is 9.70. The fourth-order valence-electron chi connectivity index (χ4n) is 4.63. The van der Waals surface area contributed by atoms with Gasteiger partial charge in [-0.05, 0) is 65.2 Å². The van der Waals surface area contributed by atoms with Crippen LogP contribution in [0.1, 0.15) is 50.7 Å². The van der Waals surface area contributed by atoms with Gasteiger partial charge in [0.1, 0.15) is 0 Å². The van der Waals surface area contributed by atoms with Crippen LogP contribution >= 0.6 is 0 Å². The SMILES string of the molecule is CC=Nc1c(C)ccc2c1N=C(C1=c3ccccc3=C(B(O)O)CC1)[C@@H](C)[C@H]2C. The minimum Gasteiger partial charge on any atom is -0.423 e. The summed E-state index contributed by atoms with van der Waals surface area (Å²) in [6.45, 7) is 8.51. The van der Waals surface area contributed by atoms with Crippen molar-refractivity contribution in [2.45, 2.75) is 46.5 Å². The molecule has 4 rings (SSSR count). The summed E-state index contributed by atoms with van der Waals surface area (Å²) >= 11 is 0. The van der Waals surface area contributed by atoms with Crippen LogP contribution in [0.2, 0.25) is 0 Å². The third-order valence-electron chi connectivity index (χ3n) is 6.41. The molecule has 29 heavy (non-hydrogen) atoms. The molecule has 1 aliphatic carbocycles. The first-order chi connectivity index (χ1) is 13.9. The first kappa shape index (κ1) is 19.8. The van der Waals surface area contributed by atoms with Gasteiger partial charge in [-0.25, -0.2) is 0 Å². The summed E-state index contributed by atoms with van der Waals surface area (Å²) in [4.78, 5) is 9.81. The van der Waals surface area contributed by atoms with Crippen molar-refractivity contribution in [3.05, 3.63) is 58.0 Å². The van der Waals surface area contributed by atoms with Crippen molar-refractivity contribution in [2.24, 2.45) is 15.9 Å². The van der Waals surface area contributed by atoms with E-state index in [1.165, 1.54) is 11.1 Å². The Bertz CT molecular complexity index is 1150. The molecule has 148 valence electrons. The Morgan fingerprint density at radius 1 is 1.03 bits per heavy atom. The number of fused-ring (bicyclic) bond motifs is 2. The van der Waals surface area contributed by atoms with Gasteiger partial charge in [0.2, 0.25) is 0 Å². The van der Waals surface area contributed by atoms with Gasteiger partial charge in [-0.15, -0.1) is 0 Å². The zero-order chi connectivity index (χ0) is 20.7. The van der Waals surface area contributed by atoms with Crippen LogP contribution in [-0.2, 0) is 0 Å². The highest BCUT2D eigenvalue weighted by molar-refractivity contribution is 6.63. The number of aliphatic imine (C=N–C) groups is 2. The van der Waals surface area contributed by atoms with Gasteiger partial charge in [0, 0.05) is 17.8 Å². The quantitative estimate of drug-likeness (QED) is 0.628. The summed E-state index contributed by atoms with van der Waals surface area (Å²) in [7, 11) is -1.42. The van der Waals surface area contributed by atoms with Gasteiger partial charge in [-0.2, -0.15) is 0 Å². The Morgan fingerprint density at radius 3 is 2.45 bits per heavy atom. The summed E-state index contributed by atoms with van der Waals surface area (Å²) in [5.74, 6) is 0.602. The Balaban J connectivity index is 2.03. The van der Waals surface area contributed by atoms with Crippen LogP contribution in [-0.4, -0.2) is 29.1 Å². The molecule has 0 spiro atoms. The van der Waals surface area contributed by atoms with Crippen LogP contribution in [0.5, 0.6) is 0 Å². The van der Waals surface area contributed by atoms with Crippen LogP contribution in [0, 0.1) is 12.8 Å². The molecule has 0 amide bonds. The zero-order valence-electron chi connectivity index (χ0n) is 17.5. The number of hydrogen-bond donors (Lipinski definition) is 2.